The van der Waals surface area contributed by atoms with Crippen molar-refractivity contribution in [2.24, 2.45) is 5.73 Å². The SMILES string of the molecule is CCc1ncc2n1CCC(N)(C(=O)O)C2. The van der Waals surface area contributed by atoms with Gasteiger partial charge in [0.2, 0.25) is 0 Å². The van der Waals surface area contributed by atoms with E-state index in [0.717, 1.165) is 17.9 Å². The molecular weight excluding hydrogens is 194 g/mol. The topological polar surface area (TPSA) is 81.1 Å². The summed E-state index contributed by atoms with van der Waals surface area (Å²) in [5, 5.41) is 9.03. The molecule has 1 unspecified atom stereocenters. The van der Waals surface area contributed by atoms with E-state index in [1.807, 2.05) is 6.92 Å². The van der Waals surface area contributed by atoms with Crippen molar-refractivity contribution in [3.05, 3.63) is 17.7 Å². The van der Waals surface area contributed by atoms with E-state index in [4.69, 9.17) is 10.8 Å². The fourth-order valence-electron chi connectivity index (χ4n) is 2.06. The minimum atomic E-state index is -1.11. The number of carboxylic acid groups (broad SMARTS) is 1. The molecule has 15 heavy (non-hydrogen) atoms. The van der Waals surface area contributed by atoms with Gasteiger partial charge >= 0.3 is 5.97 Å². The zero-order valence-corrected chi connectivity index (χ0v) is 8.73. The number of imidazole rings is 1. The average Bonchev–Trinajstić information content (AvgIpc) is 2.59. The lowest BCUT2D eigenvalue weighted by Gasteiger charge is -2.30. The molecule has 5 nitrogen and oxygen atoms in total. The molecule has 0 saturated carbocycles. The Labute approximate surface area is 87.9 Å². The maximum atomic E-state index is 11.0. The quantitative estimate of drug-likeness (QED) is 0.727. The highest BCUT2D eigenvalue weighted by Crippen LogP contribution is 2.24. The van der Waals surface area contributed by atoms with Crippen LogP contribution in [-0.2, 0) is 24.2 Å². The van der Waals surface area contributed by atoms with Crippen molar-refractivity contribution in [3.63, 3.8) is 0 Å². The molecule has 0 fully saturated rings. The van der Waals surface area contributed by atoms with Gasteiger partial charge in [0, 0.05) is 31.3 Å². The number of hydrogen-bond donors (Lipinski definition) is 2. The van der Waals surface area contributed by atoms with Crippen molar-refractivity contribution < 1.29 is 9.90 Å². The molecule has 0 bridgehead atoms. The number of carbonyl (C=O) groups is 1. The van der Waals surface area contributed by atoms with E-state index in [1.165, 1.54) is 0 Å². The van der Waals surface area contributed by atoms with E-state index in [-0.39, 0.29) is 0 Å². The molecule has 2 rings (SSSR count). The van der Waals surface area contributed by atoms with Gasteiger partial charge in [0.25, 0.3) is 0 Å². The highest BCUT2D eigenvalue weighted by Gasteiger charge is 2.38. The number of hydrogen-bond acceptors (Lipinski definition) is 3. The minimum absolute atomic E-state index is 0.370. The first-order chi connectivity index (χ1) is 7.07. The summed E-state index contributed by atoms with van der Waals surface area (Å²) in [5.41, 5.74) is 5.65. The number of carboxylic acids is 1. The van der Waals surface area contributed by atoms with Crippen LogP contribution in [0.2, 0.25) is 0 Å². The van der Waals surface area contributed by atoms with E-state index in [1.54, 1.807) is 6.20 Å². The molecule has 0 aliphatic carbocycles. The first-order valence-electron chi connectivity index (χ1n) is 5.12. The van der Waals surface area contributed by atoms with Crippen LogP contribution < -0.4 is 5.73 Å². The second kappa shape index (κ2) is 3.34. The highest BCUT2D eigenvalue weighted by atomic mass is 16.4. The van der Waals surface area contributed by atoms with Crippen molar-refractivity contribution in [1.29, 1.82) is 0 Å². The van der Waals surface area contributed by atoms with Crippen LogP contribution in [0.25, 0.3) is 0 Å². The van der Waals surface area contributed by atoms with Gasteiger partial charge < -0.3 is 15.4 Å². The van der Waals surface area contributed by atoms with Crippen molar-refractivity contribution in [2.45, 2.75) is 38.3 Å². The number of rotatable bonds is 2. The van der Waals surface area contributed by atoms with Gasteiger partial charge in [-0.15, -0.1) is 0 Å². The lowest BCUT2D eigenvalue weighted by molar-refractivity contribution is -0.144. The Balaban J connectivity index is 2.32. The van der Waals surface area contributed by atoms with Gasteiger partial charge in [0.1, 0.15) is 11.4 Å². The summed E-state index contributed by atoms with van der Waals surface area (Å²) in [7, 11) is 0. The van der Waals surface area contributed by atoms with Crippen molar-refractivity contribution in [3.8, 4) is 0 Å². The summed E-state index contributed by atoms with van der Waals surface area (Å²) < 4.78 is 2.08. The third kappa shape index (κ3) is 1.52. The van der Waals surface area contributed by atoms with Gasteiger partial charge in [-0.2, -0.15) is 0 Å². The summed E-state index contributed by atoms with van der Waals surface area (Å²) in [6, 6.07) is 0. The predicted molar refractivity (Wildman–Crippen MR) is 54.5 cm³/mol. The molecule has 2 heterocycles. The summed E-state index contributed by atoms with van der Waals surface area (Å²) >= 11 is 0. The van der Waals surface area contributed by atoms with Crippen LogP contribution in [-0.4, -0.2) is 26.2 Å². The maximum absolute atomic E-state index is 11.0. The van der Waals surface area contributed by atoms with E-state index in [2.05, 4.69) is 9.55 Å². The van der Waals surface area contributed by atoms with Crippen molar-refractivity contribution >= 4 is 5.97 Å². The third-order valence-electron chi connectivity index (χ3n) is 3.04. The Bertz CT molecular complexity index is 399. The zero-order chi connectivity index (χ0) is 11.1. The van der Waals surface area contributed by atoms with E-state index in [0.29, 0.717) is 19.4 Å². The van der Waals surface area contributed by atoms with Gasteiger partial charge in [-0.05, 0) is 6.42 Å². The summed E-state index contributed by atoms with van der Waals surface area (Å²) in [6.45, 7) is 2.69. The summed E-state index contributed by atoms with van der Waals surface area (Å²) in [6.07, 6.45) is 3.45. The summed E-state index contributed by atoms with van der Waals surface area (Å²) in [5.74, 6) is 0.0884. The van der Waals surface area contributed by atoms with E-state index >= 15 is 0 Å². The van der Waals surface area contributed by atoms with Crippen LogP contribution in [0.15, 0.2) is 6.20 Å². The minimum Gasteiger partial charge on any atom is -0.480 e. The molecular formula is C10H15N3O2. The fourth-order valence-corrected chi connectivity index (χ4v) is 2.06. The largest absolute Gasteiger partial charge is 0.480 e. The number of fused-ring (bicyclic) bond motifs is 1. The Hall–Kier alpha value is -1.36. The van der Waals surface area contributed by atoms with E-state index < -0.39 is 11.5 Å². The van der Waals surface area contributed by atoms with Crippen molar-refractivity contribution in [1.82, 2.24) is 9.55 Å². The molecule has 0 spiro atoms. The van der Waals surface area contributed by atoms with Gasteiger partial charge in [0.05, 0.1) is 0 Å². The van der Waals surface area contributed by atoms with Gasteiger partial charge in [-0.3, -0.25) is 4.79 Å². The van der Waals surface area contributed by atoms with Crippen LogP contribution in [0, 0.1) is 0 Å². The molecule has 0 amide bonds. The smallest absolute Gasteiger partial charge is 0.324 e. The normalized spacial score (nSPS) is 24.9. The molecule has 5 heteroatoms. The first kappa shape index (κ1) is 10.2. The lowest BCUT2D eigenvalue weighted by atomic mass is 9.88. The third-order valence-corrected chi connectivity index (χ3v) is 3.04. The first-order valence-corrected chi connectivity index (χ1v) is 5.12. The number of aliphatic carboxylic acids is 1. The second-order valence-electron chi connectivity index (χ2n) is 4.06. The molecule has 0 saturated heterocycles. The van der Waals surface area contributed by atoms with Crippen molar-refractivity contribution in [2.75, 3.05) is 0 Å². The fraction of sp³-hybridized carbons (Fsp3) is 0.600. The number of nitrogens with two attached hydrogens (primary N) is 1. The Morgan fingerprint density at radius 2 is 2.53 bits per heavy atom. The molecule has 1 aliphatic rings. The van der Waals surface area contributed by atoms with Gasteiger partial charge in [0.15, 0.2) is 0 Å². The summed E-state index contributed by atoms with van der Waals surface area (Å²) in [4.78, 5) is 15.3. The van der Waals surface area contributed by atoms with Crippen LogP contribution in [0.3, 0.4) is 0 Å². The Kier molecular flexibility index (Phi) is 2.26. The molecule has 0 aromatic carbocycles. The van der Waals surface area contributed by atoms with Gasteiger partial charge in [-0.1, -0.05) is 6.92 Å². The molecule has 1 aromatic heterocycles. The average molecular weight is 209 g/mol. The molecule has 1 aromatic rings. The predicted octanol–water partition coefficient (Wildman–Crippen LogP) is 0.174. The zero-order valence-electron chi connectivity index (χ0n) is 8.73. The molecule has 1 atom stereocenters. The molecule has 0 radical (unpaired) electrons. The number of aromatic nitrogens is 2. The van der Waals surface area contributed by atoms with Crippen LogP contribution in [0.5, 0.6) is 0 Å². The van der Waals surface area contributed by atoms with Crippen LogP contribution >= 0.6 is 0 Å². The monoisotopic (exact) mass is 209 g/mol. The highest BCUT2D eigenvalue weighted by molar-refractivity contribution is 5.79. The molecule has 82 valence electrons. The number of aryl methyl sites for hydroxylation is 1. The number of nitrogens with zero attached hydrogens (tertiary/aromatic N) is 2. The maximum Gasteiger partial charge on any atom is 0.324 e. The lowest BCUT2D eigenvalue weighted by Crippen LogP contribution is -2.53. The standard InChI is InChI=1S/C10H15N3O2/c1-2-8-12-6-7-5-10(11,9(14)15)3-4-13(7)8/h6H,2-5,11H2,1H3,(H,14,15). The van der Waals surface area contributed by atoms with Crippen LogP contribution in [0.1, 0.15) is 24.9 Å². The van der Waals surface area contributed by atoms with Gasteiger partial charge in [-0.25, -0.2) is 4.98 Å². The van der Waals surface area contributed by atoms with E-state index in [9.17, 15) is 4.79 Å². The second-order valence-corrected chi connectivity index (χ2v) is 4.06. The Morgan fingerprint density at radius 3 is 3.13 bits per heavy atom. The molecule has 1 aliphatic heterocycles. The Morgan fingerprint density at radius 1 is 1.80 bits per heavy atom. The molecule has 3 N–H and O–H groups in total. The van der Waals surface area contributed by atoms with Crippen LogP contribution in [0.4, 0.5) is 0 Å².